The third kappa shape index (κ3) is 3.69. The van der Waals surface area contributed by atoms with Crippen LogP contribution in [0.4, 0.5) is 5.69 Å². The zero-order valence-corrected chi connectivity index (χ0v) is 11.8. The molecule has 0 aliphatic carbocycles. The molecule has 1 unspecified atom stereocenters. The molecule has 0 aromatic heterocycles. The van der Waals surface area contributed by atoms with Gasteiger partial charge in [0.15, 0.2) is 0 Å². The molecule has 1 aliphatic heterocycles. The number of aliphatic carboxylic acids is 1. The summed E-state index contributed by atoms with van der Waals surface area (Å²) in [5.74, 6) is -0.237. The molecule has 0 amide bonds. The predicted molar refractivity (Wildman–Crippen MR) is 75.3 cm³/mol. The summed E-state index contributed by atoms with van der Waals surface area (Å²) in [6.07, 6.45) is 1.87. The van der Waals surface area contributed by atoms with Gasteiger partial charge in [0, 0.05) is 30.3 Å². The van der Waals surface area contributed by atoms with Crippen molar-refractivity contribution >= 4 is 11.7 Å². The quantitative estimate of drug-likeness (QED) is 0.637. The Morgan fingerprint density at radius 2 is 2.33 bits per heavy atom. The first-order valence-corrected chi connectivity index (χ1v) is 6.78. The number of likely N-dealkylation sites (tertiary alicyclic amines) is 1. The molecule has 1 atom stereocenters. The highest BCUT2D eigenvalue weighted by atomic mass is 16.6. The van der Waals surface area contributed by atoms with Gasteiger partial charge in [0.2, 0.25) is 0 Å². The van der Waals surface area contributed by atoms with Crippen molar-refractivity contribution in [3.63, 3.8) is 0 Å². The lowest BCUT2D eigenvalue weighted by Crippen LogP contribution is -2.31. The van der Waals surface area contributed by atoms with E-state index in [0.717, 1.165) is 19.4 Å². The zero-order valence-electron chi connectivity index (χ0n) is 11.8. The molecular weight excluding hydrogens is 276 g/mol. The van der Waals surface area contributed by atoms with Crippen LogP contribution in [0.5, 0.6) is 5.75 Å². The van der Waals surface area contributed by atoms with Crippen molar-refractivity contribution in [3.05, 3.63) is 33.9 Å². The highest BCUT2D eigenvalue weighted by Gasteiger charge is 2.27. The van der Waals surface area contributed by atoms with Gasteiger partial charge in [0.1, 0.15) is 5.75 Å². The molecule has 1 N–H and O–H groups in total. The van der Waals surface area contributed by atoms with E-state index in [0.29, 0.717) is 17.9 Å². The summed E-state index contributed by atoms with van der Waals surface area (Å²) in [5.41, 5.74) is 0.726. The average molecular weight is 294 g/mol. The number of hydrogen-bond acceptors (Lipinski definition) is 5. The summed E-state index contributed by atoms with van der Waals surface area (Å²) in [6, 6.07) is 4.46. The summed E-state index contributed by atoms with van der Waals surface area (Å²) in [7, 11) is 1.52. The minimum Gasteiger partial charge on any atom is -0.496 e. The van der Waals surface area contributed by atoms with Gasteiger partial charge in [-0.1, -0.05) is 0 Å². The smallest absolute Gasteiger partial charge is 0.304 e. The fourth-order valence-electron chi connectivity index (χ4n) is 2.76. The van der Waals surface area contributed by atoms with Gasteiger partial charge in [-0.25, -0.2) is 0 Å². The molecule has 1 aliphatic rings. The minimum atomic E-state index is -0.821. The summed E-state index contributed by atoms with van der Waals surface area (Å²) in [4.78, 5) is 23.4. The lowest BCUT2D eigenvalue weighted by atomic mass is 10.1. The van der Waals surface area contributed by atoms with Gasteiger partial charge in [-0.2, -0.15) is 0 Å². The number of hydrogen-bond donors (Lipinski definition) is 1. The van der Waals surface area contributed by atoms with Crippen LogP contribution in [0.3, 0.4) is 0 Å². The van der Waals surface area contributed by atoms with Gasteiger partial charge < -0.3 is 9.84 Å². The highest BCUT2D eigenvalue weighted by molar-refractivity contribution is 5.67. The minimum absolute atomic E-state index is 0.0137. The van der Waals surface area contributed by atoms with Crippen molar-refractivity contribution < 1.29 is 19.6 Å². The van der Waals surface area contributed by atoms with Crippen LogP contribution in [0.2, 0.25) is 0 Å². The van der Waals surface area contributed by atoms with Crippen molar-refractivity contribution in [2.75, 3.05) is 13.7 Å². The fraction of sp³-hybridized carbons (Fsp3) is 0.500. The molecule has 0 saturated carbocycles. The van der Waals surface area contributed by atoms with E-state index in [9.17, 15) is 14.9 Å². The number of carboxylic acid groups (broad SMARTS) is 1. The third-order valence-electron chi connectivity index (χ3n) is 3.76. The molecule has 1 fully saturated rings. The molecule has 1 aromatic rings. The standard InChI is InChI=1S/C14H18N2O5/c1-21-13-5-4-12(16(19)20)7-10(13)9-15-6-2-3-11(15)8-14(17)18/h4-5,7,11H,2-3,6,8-9H2,1H3,(H,17,18). The first kappa shape index (κ1) is 15.2. The number of rotatable bonds is 6. The number of nitro groups is 1. The number of non-ortho nitro benzene ring substituents is 1. The molecular formula is C14H18N2O5. The van der Waals surface area contributed by atoms with Gasteiger partial charge in [-0.15, -0.1) is 0 Å². The Balaban J connectivity index is 2.19. The molecule has 114 valence electrons. The monoisotopic (exact) mass is 294 g/mol. The largest absolute Gasteiger partial charge is 0.496 e. The lowest BCUT2D eigenvalue weighted by molar-refractivity contribution is -0.385. The molecule has 1 saturated heterocycles. The Morgan fingerprint density at radius 1 is 1.57 bits per heavy atom. The van der Waals surface area contributed by atoms with Crippen molar-refractivity contribution in [3.8, 4) is 5.75 Å². The molecule has 0 radical (unpaired) electrons. The van der Waals surface area contributed by atoms with Crippen LogP contribution in [-0.4, -0.2) is 40.6 Å². The third-order valence-corrected chi connectivity index (χ3v) is 3.76. The number of nitro benzene ring substituents is 1. The summed E-state index contributed by atoms with van der Waals surface area (Å²) < 4.78 is 5.24. The van der Waals surface area contributed by atoms with Crippen molar-refractivity contribution in [2.45, 2.75) is 31.8 Å². The van der Waals surface area contributed by atoms with Gasteiger partial charge in [0.25, 0.3) is 5.69 Å². The molecule has 21 heavy (non-hydrogen) atoms. The van der Waals surface area contributed by atoms with Crippen molar-refractivity contribution in [1.82, 2.24) is 4.90 Å². The second kappa shape index (κ2) is 6.53. The van der Waals surface area contributed by atoms with Crippen molar-refractivity contribution in [2.24, 2.45) is 0 Å². The molecule has 7 nitrogen and oxygen atoms in total. The molecule has 0 spiro atoms. The van der Waals surface area contributed by atoms with E-state index >= 15 is 0 Å². The second-order valence-corrected chi connectivity index (χ2v) is 5.12. The van der Waals surface area contributed by atoms with Gasteiger partial charge in [-0.3, -0.25) is 19.8 Å². The van der Waals surface area contributed by atoms with Crippen LogP contribution in [0, 0.1) is 10.1 Å². The first-order chi connectivity index (χ1) is 10.0. The van der Waals surface area contributed by atoms with E-state index < -0.39 is 10.9 Å². The maximum Gasteiger partial charge on any atom is 0.304 e. The Hall–Kier alpha value is -2.15. The van der Waals surface area contributed by atoms with Crippen molar-refractivity contribution in [1.29, 1.82) is 0 Å². The van der Waals surface area contributed by atoms with Crippen LogP contribution >= 0.6 is 0 Å². The van der Waals surface area contributed by atoms with E-state index in [1.807, 2.05) is 0 Å². The highest BCUT2D eigenvalue weighted by Crippen LogP contribution is 2.29. The Bertz CT molecular complexity index is 546. The number of ether oxygens (including phenoxy) is 1. The van der Waals surface area contributed by atoms with Gasteiger partial charge in [-0.05, 0) is 25.5 Å². The summed E-state index contributed by atoms with van der Waals surface area (Å²) >= 11 is 0. The number of nitrogens with zero attached hydrogens (tertiary/aromatic N) is 2. The van der Waals surface area contributed by atoms with E-state index in [-0.39, 0.29) is 18.2 Å². The number of carboxylic acids is 1. The Labute approximate surface area is 122 Å². The SMILES string of the molecule is COc1ccc([N+](=O)[O-])cc1CN1CCCC1CC(=O)O. The Morgan fingerprint density at radius 3 is 2.95 bits per heavy atom. The van der Waals surface area contributed by atoms with Gasteiger partial charge in [0.05, 0.1) is 18.5 Å². The van der Waals surface area contributed by atoms with E-state index in [2.05, 4.69) is 4.90 Å². The molecule has 0 bridgehead atoms. The molecule has 7 heteroatoms. The summed E-state index contributed by atoms with van der Waals surface area (Å²) in [6.45, 7) is 1.26. The van der Waals surface area contributed by atoms with Crippen LogP contribution in [0.1, 0.15) is 24.8 Å². The van der Waals surface area contributed by atoms with Crippen LogP contribution in [0.15, 0.2) is 18.2 Å². The van der Waals surface area contributed by atoms with Crippen LogP contribution < -0.4 is 4.74 Å². The normalized spacial score (nSPS) is 18.6. The maximum absolute atomic E-state index is 10.9. The number of carbonyl (C=O) groups is 1. The first-order valence-electron chi connectivity index (χ1n) is 6.78. The fourth-order valence-corrected chi connectivity index (χ4v) is 2.76. The average Bonchev–Trinajstić information content (AvgIpc) is 2.85. The Kier molecular flexibility index (Phi) is 4.74. The predicted octanol–water partition coefficient (Wildman–Crippen LogP) is 2.04. The van der Waals surface area contributed by atoms with Crippen LogP contribution in [-0.2, 0) is 11.3 Å². The molecule has 2 rings (SSSR count). The van der Waals surface area contributed by atoms with Gasteiger partial charge >= 0.3 is 5.97 Å². The molecule has 1 heterocycles. The van der Waals surface area contributed by atoms with E-state index in [1.165, 1.54) is 19.2 Å². The topological polar surface area (TPSA) is 92.9 Å². The summed E-state index contributed by atoms with van der Waals surface area (Å²) in [5, 5.41) is 19.8. The van der Waals surface area contributed by atoms with E-state index in [1.54, 1.807) is 6.07 Å². The zero-order chi connectivity index (χ0) is 15.4. The second-order valence-electron chi connectivity index (χ2n) is 5.12. The van der Waals surface area contributed by atoms with E-state index in [4.69, 9.17) is 9.84 Å². The molecule has 1 aromatic carbocycles. The maximum atomic E-state index is 10.9. The lowest BCUT2D eigenvalue weighted by Gasteiger charge is -2.23. The van der Waals surface area contributed by atoms with Crippen LogP contribution in [0.25, 0.3) is 0 Å². The number of benzene rings is 1. The number of methoxy groups -OCH3 is 1.